The topological polar surface area (TPSA) is 61.9 Å². The average molecular weight is 269 g/mol. The van der Waals surface area contributed by atoms with Crippen LogP contribution < -0.4 is 5.32 Å². The lowest BCUT2D eigenvalue weighted by atomic mass is 10.2. The Balaban J connectivity index is 1.89. The maximum Gasteiger partial charge on any atom is 0.242 e. The molecule has 2 fully saturated rings. The van der Waals surface area contributed by atoms with Gasteiger partial charge in [-0.05, 0) is 13.3 Å². The van der Waals surface area contributed by atoms with Crippen molar-refractivity contribution >= 4 is 11.8 Å². The van der Waals surface area contributed by atoms with E-state index in [9.17, 15) is 9.59 Å². The van der Waals surface area contributed by atoms with Crippen molar-refractivity contribution in [2.45, 2.75) is 32.5 Å². The zero-order valence-corrected chi connectivity index (χ0v) is 11.7. The zero-order valence-electron chi connectivity index (χ0n) is 11.7. The second-order valence-electron chi connectivity index (χ2n) is 5.27. The third-order valence-electron chi connectivity index (χ3n) is 3.65. The highest BCUT2D eigenvalue weighted by Crippen LogP contribution is 2.14. The van der Waals surface area contributed by atoms with E-state index in [1.165, 1.54) is 0 Å². The quantitative estimate of drug-likeness (QED) is 0.746. The third-order valence-corrected chi connectivity index (χ3v) is 3.65. The largest absolute Gasteiger partial charge is 0.372 e. The summed E-state index contributed by atoms with van der Waals surface area (Å²) in [5, 5.41) is 3.00. The first kappa shape index (κ1) is 14.3. The second kappa shape index (κ2) is 6.34. The summed E-state index contributed by atoms with van der Waals surface area (Å²) >= 11 is 0. The van der Waals surface area contributed by atoms with Crippen LogP contribution in [0.25, 0.3) is 0 Å². The molecule has 2 saturated heterocycles. The SMILES string of the molecule is CC[C@@H]1CN(C(=O)CN2CCNCC2=O)C[C@H](C)O1. The van der Waals surface area contributed by atoms with E-state index in [1.807, 2.05) is 11.8 Å². The van der Waals surface area contributed by atoms with E-state index in [1.54, 1.807) is 4.90 Å². The lowest BCUT2D eigenvalue weighted by Gasteiger charge is -2.38. The van der Waals surface area contributed by atoms with Gasteiger partial charge in [0, 0.05) is 26.2 Å². The van der Waals surface area contributed by atoms with Crippen LogP contribution in [-0.4, -0.2) is 73.1 Å². The van der Waals surface area contributed by atoms with Crippen LogP contribution in [0.15, 0.2) is 0 Å². The fourth-order valence-corrected chi connectivity index (χ4v) is 2.55. The van der Waals surface area contributed by atoms with Crippen LogP contribution >= 0.6 is 0 Å². The van der Waals surface area contributed by atoms with Crippen molar-refractivity contribution in [1.82, 2.24) is 15.1 Å². The van der Waals surface area contributed by atoms with Gasteiger partial charge < -0.3 is 19.9 Å². The minimum absolute atomic E-state index is 0.00736. The van der Waals surface area contributed by atoms with E-state index < -0.39 is 0 Å². The molecule has 0 aliphatic carbocycles. The Morgan fingerprint density at radius 1 is 1.47 bits per heavy atom. The van der Waals surface area contributed by atoms with E-state index in [0.717, 1.165) is 13.0 Å². The first-order chi connectivity index (χ1) is 9.10. The summed E-state index contributed by atoms with van der Waals surface area (Å²) in [6, 6.07) is 0. The molecule has 0 aromatic rings. The first-order valence-corrected chi connectivity index (χ1v) is 7.02. The van der Waals surface area contributed by atoms with Gasteiger partial charge >= 0.3 is 0 Å². The Hall–Kier alpha value is -1.14. The molecule has 0 bridgehead atoms. The number of carbonyl (C=O) groups is 2. The van der Waals surface area contributed by atoms with Crippen molar-refractivity contribution in [3.63, 3.8) is 0 Å². The second-order valence-corrected chi connectivity index (χ2v) is 5.27. The van der Waals surface area contributed by atoms with Crippen molar-refractivity contribution in [3.05, 3.63) is 0 Å². The molecule has 0 radical (unpaired) electrons. The number of rotatable bonds is 3. The smallest absolute Gasteiger partial charge is 0.242 e. The maximum atomic E-state index is 12.3. The van der Waals surface area contributed by atoms with Crippen molar-refractivity contribution < 1.29 is 14.3 Å². The van der Waals surface area contributed by atoms with Gasteiger partial charge in [-0.1, -0.05) is 6.92 Å². The molecule has 108 valence electrons. The number of morpholine rings is 1. The van der Waals surface area contributed by atoms with Crippen LogP contribution in [0.4, 0.5) is 0 Å². The van der Waals surface area contributed by atoms with Gasteiger partial charge in [-0.25, -0.2) is 0 Å². The summed E-state index contributed by atoms with van der Waals surface area (Å²) in [4.78, 5) is 27.4. The first-order valence-electron chi connectivity index (χ1n) is 7.02. The number of amides is 2. The minimum atomic E-state index is 0.00736. The van der Waals surface area contributed by atoms with E-state index in [4.69, 9.17) is 4.74 Å². The molecule has 19 heavy (non-hydrogen) atoms. The highest BCUT2D eigenvalue weighted by Gasteiger charge is 2.29. The minimum Gasteiger partial charge on any atom is -0.372 e. The summed E-state index contributed by atoms with van der Waals surface area (Å²) in [7, 11) is 0. The molecule has 0 aromatic heterocycles. The summed E-state index contributed by atoms with van der Waals surface area (Å²) in [6.07, 6.45) is 1.09. The normalized spacial score (nSPS) is 28.6. The molecule has 0 aromatic carbocycles. The Kier molecular flexibility index (Phi) is 4.76. The van der Waals surface area contributed by atoms with Gasteiger partial charge in [-0.3, -0.25) is 9.59 Å². The van der Waals surface area contributed by atoms with Crippen LogP contribution in [0.5, 0.6) is 0 Å². The van der Waals surface area contributed by atoms with Crippen LogP contribution in [0.1, 0.15) is 20.3 Å². The lowest BCUT2D eigenvalue weighted by Crippen LogP contribution is -2.55. The zero-order chi connectivity index (χ0) is 13.8. The van der Waals surface area contributed by atoms with Gasteiger partial charge in [-0.15, -0.1) is 0 Å². The highest BCUT2D eigenvalue weighted by molar-refractivity contribution is 5.86. The predicted molar refractivity (Wildman–Crippen MR) is 70.7 cm³/mol. The molecule has 6 heteroatoms. The van der Waals surface area contributed by atoms with E-state index in [0.29, 0.717) is 26.2 Å². The number of ether oxygens (including phenoxy) is 1. The average Bonchev–Trinajstić information content (AvgIpc) is 2.40. The number of piperazine rings is 1. The van der Waals surface area contributed by atoms with Gasteiger partial charge in [0.2, 0.25) is 11.8 Å². The molecule has 2 rings (SSSR count). The molecule has 2 aliphatic heterocycles. The molecule has 0 unspecified atom stereocenters. The van der Waals surface area contributed by atoms with Crippen LogP contribution in [0, 0.1) is 0 Å². The molecule has 2 heterocycles. The Bertz CT molecular complexity index is 348. The highest BCUT2D eigenvalue weighted by atomic mass is 16.5. The van der Waals surface area contributed by atoms with Gasteiger partial charge in [-0.2, -0.15) is 0 Å². The van der Waals surface area contributed by atoms with Gasteiger partial charge in [0.05, 0.1) is 25.3 Å². The molecule has 6 nitrogen and oxygen atoms in total. The fourth-order valence-electron chi connectivity index (χ4n) is 2.55. The molecule has 2 aliphatic rings. The number of carbonyl (C=O) groups excluding carboxylic acids is 2. The standard InChI is InChI=1S/C13H23N3O3/c1-3-11-8-16(7-10(2)19-11)13(18)9-15-5-4-14-6-12(15)17/h10-11,14H,3-9H2,1-2H3/t10-,11+/m0/s1. The fraction of sp³-hybridized carbons (Fsp3) is 0.846. The lowest BCUT2D eigenvalue weighted by molar-refractivity contribution is -0.149. The van der Waals surface area contributed by atoms with Gasteiger partial charge in [0.1, 0.15) is 0 Å². The molecule has 2 atom stereocenters. The monoisotopic (exact) mass is 269 g/mol. The predicted octanol–water partition coefficient (Wildman–Crippen LogP) is -0.556. The Morgan fingerprint density at radius 2 is 2.26 bits per heavy atom. The van der Waals surface area contributed by atoms with Crippen LogP contribution in [-0.2, 0) is 14.3 Å². The number of nitrogens with zero attached hydrogens (tertiary/aromatic N) is 2. The Morgan fingerprint density at radius 3 is 2.95 bits per heavy atom. The van der Waals surface area contributed by atoms with Crippen molar-refractivity contribution in [1.29, 1.82) is 0 Å². The van der Waals surface area contributed by atoms with Crippen molar-refractivity contribution in [2.24, 2.45) is 0 Å². The van der Waals surface area contributed by atoms with Crippen molar-refractivity contribution in [3.8, 4) is 0 Å². The molecule has 0 spiro atoms. The number of hydrogen-bond acceptors (Lipinski definition) is 4. The summed E-state index contributed by atoms with van der Waals surface area (Å²) in [6.45, 7) is 7.21. The van der Waals surface area contributed by atoms with E-state index >= 15 is 0 Å². The Labute approximate surface area is 114 Å². The van der Waals surface area contributed by atoms with E-state index in [-0.39, 0.29) is 30.6 Å². The molecule has 2 amide bonds. The third kappa shape index (κ3) is 3.67. The molecular weight excluding hydrogens is 246 g/mol. The van der Waals surface area contributed by atoms with Crippen molar-refractivity contribution in [2.75, 3.05) is 39.3 Å². The maximum absolute atomic E-state index is 12.3. The summed E-state index contributed by atoms with van der Waals surface area (Å²) < 4.78 is 5.74. The van der Waals surface area contributed by atoms with Gasteiger partial charge in [0.25, 0.3) is 0 Å². The molecule has 0 saturated carbocycles. The van der Waals surface area contributed by atoms with Crippen LogP contribution in [0.3, 0.4) is 0 Å². The number of nitrogens with one attached hydrogen (secondary N) is 1. The summed E-state index contributed by atoms with van der Waals surface area (Å²) in [5.41, 5.74) is 0. The number of hydrogen-bond donors (Lipinski definition) is 1. The van der Waals surface area contributed by atoms with E-state index in [2.05, 4.69) is 12.2 Å². The molecular formula is C13H23N3O3. The summed E-state index contributed by atoms with van der Waals surface area (Å²) in [5.74, 6) is 0.0387. The van der Waals surface area contributed by atoms with Gasteiger partial charge in [0.15, 0.2) is 0 Å². The van der Waals surface area contributed by atoms with Crippen LogP contribution in [0.2, 0.25) is 0 Å². The molecule has 1 N–H and O–H groups in total.